The fourth-order valence-electron chi connectivity index (χ4n) is 3.87. The molecule has 0 spiro atoms. The van der Waals surface area contributed by atoms with E-state index in [0.29, 0.717) is 11.4 Å². The summed E-state index contributed by atoms with van der Waals surface area (Å²) in [5.74, 6) is -0.720. The average molecular weight is 629 g/mol. The Morgan fingerprint density at radius 2 is 1.05 bits per heavy atom. The lowest BCUT2D eigenvalue weighted by molar-refractivity contribution is 0.0944. The predicted molar refractivity (Wildman–Crippen MR) is 174 cm³/mol. The molecular formula is C32H28N4O4S3. The Morgan fingerprint density at radius 3 is 1.42 bits per heavy atom. The molecule has 0 saturated carbocycles. The van der Waals surface area contributed by atoms with Crippen LogP contribution in [0.25, 0.3) is 0 Å². The van der Waals surface area contributed by atoms with Crippen LogP contribution in [-0.2, 0) is 13.2 Å². The largest absolute Gasteiger partial charge is 0.483 e. The zero-order valence-electron chi connectivity index (χ0n) is 23.4. The SMILES string of the molecule is C/C(=N/NC(=O)c1sc(C(=O)N/N=C(/C)c2cccs2)c(OCc2ccccc2)c1OCc1ccccc1)c1cccs1. The van der Waals surface area contributed by atoms with E-state index in [1.54, 1.807) is 0 Å². The van der Waals surface area contributed by atoms with Crippen LogP contribution < -0.4 is 20.3 Å². The Balaban J connectivity index is 1.50. The van der Waals surface area contributed by atoms with E-state index >= 15 is 0 Å². The van der Waals surface area contributed by atoms with Crippen molar-refractivity contribution in [1.29, 1.82) is 0 Å². The van der Waals surface area contributed by atoms with Gasteiger partial charge < -0.3 is 9.47 Å². The molecule has 2 aromatic carbocycles. The van der Waals surface area contributed by atoms with Gasteiger partial charge in [0.1, 0.15) is 23.0 Å². The summed E-state index contributed by atoms with van der Waals surface area (Å²) in [5.41, 5.74) is 8.34. The van der Waals surface area contributed by atoms with Crippen molar-refractivity contribution in [3.63, 3.8) is 0 Å². The standard InChI is InChI=1S/C32H28N4O4S3/c1-21(25-15-9-17-41-25)33-35-31(37)29-27(39-19-23-11-5-3-6-12-23)28(40-20-24-13-7-4-8-14-24)30(43-29)32(38)36-34-22(2)26-16-10-18-42-26/h3-18H,19-20H2,1-2H3,(H,35,37)(H,36,38)/b33-21-,34-22-. The fraction of sp³-hybridized carbons (Fsp3) is 0.125. The molecule has 3 aromatic heterocycles. The highest BCUT2D eigenvalue weighted by molar-refractivity contribution is 7.16. The quantitative estimate of drug-likeness (QED) is 0.112. The van der Waals surface area contributed by atoms with Gasteiger partial charge in [-0.2, -0.15) is 10.2 Å². The zero-order chi connectivity index (χ0) is 30.0. The van der Waals surface area contributed by atoms with Crippen LogP contribution in [0, 0.1) is 0 Å². The molecule has 0 unspecified atom stereocenters. The Bertz CT molecular complexity index is 1590. The van der Waals surface area contributed by atoms with Crippen LogP contribution in [0.4, 0.5) is 0 Å². The van der Waals surface area contributed by atoms with Crippen LogP contribution in [0.2, 0.25) is 0 Å². The second kappa shape index (κ2) is 14.5. The van der Waals surface area contributed by atoms with E-state index < -0.39 is 11.8 Å². The normalized spacial score (nSPS) is 11.7. The van der Waals surface area contributed by atoms with Gasteiger partial charge >= 0.3 is 0 Å². The van der Waals surface area contributed by atoms with E-state index in [1.807, 2.05) is 110 Å². The van der Waals surface area contributed by atoms with Gasteiger partial charge in [0.05, 0.1) is 11.4 Å². The first-order chi connectivity index (χ1) is 21.0. The van der Waals surface area contributed by atoms with Crippen molar-refractivity contribution in [1.82, 2.24) is 10.9 Å². The Hall–Kier alpha value is -4.58. The minimum Gasteiger partial charge on any atom is -0.483 e. The number of nitrogens with one attached hydrogen (secondary N) is 2. The molecule has 0 fully saturated rings. The van der Waals surface area contributed by atoms with E-state index in [0.717, 1.165) is 32.2 Å². The molecule has 5 aromatic rings. The van der Waals surface area contributed by atoms with Crippen molar-refractivity contribution in [3.05, 3.63) is 126 Å². The van der Waals surface area contributed by atoms with Gasteiger partial charge in [0.25, 0.3) is 11.8 Å². The number of benzene rings is 2. The van der Waals surface area contributed by atoms with Crippen molar-refractivity contribution in [2.45, 2.75) is 27.1 Å². The average Bonchev–Trinajstić information content (AvgIpc) is 3.83. The molecule has 43 heavy (non-hydrogen) atoms. The summed E-state index contributed by atoms with van der Waals surface area (Å²) in [6, 6.07) is 26.8. The molecule has 0 bridgehead atoms. The summed E-state index contributed by atoms with van der Waals surface area (Å²) in [6.07, 6.45) is 0. The lowest BCUT2D eigenvalue weighted by atomic mass is 10.2. The number of ether oxygens (including phenoxy) is 2. The molecule has 8 nitrogen and oxygen atoms in total. The second-order valence-corrected chi connectivity index (χ2v) is 12.1. The molecule has 218 valence electrons. The van der Waals surface area contributed by atoms with E-state index in [-0.39, 0.29) is 34.5 Å². The highest BCUT2D eigenvalue weighted by atomic mass is 32.1. The van der Waals surface area contributed by atoms with Gasteiger partial charge in [-0.3, -0.25) is 9.59 Å². The Labute approximate surface area is 261 Å². The molecule has 0 aliphatic heterocycles. The fourth-order valence-corrected chi connectivity index (χ4v) is 6.20. The molecule has 0 radical (unpaired) electrons. The van der Waals surface area contributed by atoms with Gasteiger partial charge in [-0.15, -0.1) is 34.0 Å². The Kier molecular flexibility index (Phi) is 10.1. The Morgan fingerprint density at radius 1 is 0.628 bits per heavy atom. The first-order valence-corrected chi connectivity index (χ1v) is 15.8. The molecule has 3 heterocycles. The number of amides is 2. The maximum absolute atomic E-state index is 13.5. The number of hydrogen-bond donors (Lipinski definition) is 2. The highest BCUT2D eigenvalue weighted by Gasteiger charge is 2.30. The monoisotopic (exact) mass is 628 g/mol. The van der Waals surface area contributed by atoms with E-state index in [2.05, 4.69) is 21.1 Å². The summed E-state index contributed by atoms with van der Waals surface area (Å²) < 4.78 is 12.4. The number of carbonyl (C=O) groups is 2. The van der Waals surface area contributed by atoms with Crippen LogP contribution >= 0.6 is 34.0 Å². The van der Waals surface area contributed by atoms with Gasteiger partial charge in [-0.05, 0) is 47.9 Å². The summed E-state index contributed by atoms with van der Waals surface area (Å²) in [4.78, 5) is 29.2. The molecular weight excluding hydrogens is 601 g/mol. The van der Waals surface area contributed by atoms with E-state index in [9.17, 15) is 9.59 Å². The number of hydrogen-bond acceptors (Lipinski definition) is 9. The maximum atomic E-state index is 13.5. The van der Waals surface area contributed by atoms with E-state index in [4.69, 9.17) is 9.47 Å². The minimum atomic E-state index is -0.522. The maximum Gasteiger partial charge on any atom is 0.285 e. The molecule has 11 heteroatoms. The third kappa shape index (κ3) is 7.83. The summed E-state index contributed by atoms with van der Waals surface area (Å²) in [7, 11) is 0. The zero-order valence-corrected chi connectivity index (χ0v) is 25.9. The number of thiophene rings is 3. The molecule has 2 amide bonds. The molecule has 0 aliphatic carbocycles. The molecule has 5 rings (SSSR count). The molecule has 0 aliphatic rings. The summed E-state index contributed by atoms with van der Waals surface area (Å²) >= 11 is 4.00. The van der Waals surface area contributed by atoms with Crippen molar-refractivity contribution >= 4 is 57.2 Å². The lowest BCUT2D eigenvalue weighted by Gasteiger charge is -2.12. The van der Waals surface area contributed by atoms with Crippen molar-refractivity contribution in [2.24, 2.45) is 10.2 Å². The highest BCUT2D eigenvalue weighted by Crippen LogP contribution is 2.43. The lowest BCUT2D eigenvalue weighted by Crippen LogP contribution is -2.19. The minimum absolute atomic E-state index is 0.158. The number of hydrazone groups is 2. The van der Waals surface area contributed by atoms with Crippen molar-refractivity contribution in [2.75, 3.05) is 0 Å². The predicted octanol–water partition coefficient (Wildman–Crippen LogP) is 7.34. The molecule has 0 saturated heterocycles. The van der Waals surface area contributed by atoms with Gasteiger partial charge in [0.2, 0.25) is 0 Å². The van der Waals surface area contributed by atoms with E-state index in [1.165, 1.54) is 22.7 Å². The number of carbonyl (C=O) groups excluding carboxylic acids is 2. The summed E-state index contributed by atoms with van der Waals surface area (Å²) in [5, 5.41) is 12.4. The van der Waals surface area contributed by atoms with Crippen molar-refractivity contribution in [3.8, 4) is 11.5 Å². The van der Waals surface area contributed by atoms with Gasteiger partial charge in [0, 0.05) is 9.75 Å². The third-order valence-corrected chi connectivity index (χ3v) is 9.20. The first kappa shape index (κ1) is 29.9. The third-order valence-electron chi connectivity index (χ3n) is 6.09. The topological polar surface area (TPSA) is 101 Å². The smallest absolute Gasteiger partial charge is 0.285 e. The molecule has 2 N–H and O–H groups in total. The van der Waals surface area contributed by atoms with Gasteiger partial charge in [-0.1, -0.05) is 72.8 Å². The second-order valence-electron chi connectivity index (χ2n) is 9.20. The van der Waals surface area contributed by atoms with Crippen LogP contribution in [-0.4, -0.2) is 23.2 Å². The van der Waals surface area contributed by atoms with Crippen LogP contribution in [0.5, 0.6) is 11.5 Å². The molecule has 0 atom stereocenters. The number of rotatable bonds is 12. The first-order valence-electron chi connectivity index (χ1n) is 13.3. The van der Waals surface area contributed by atoms with Gasteiger partial charge in [-0.25, -0.2) is 10.9 Å². The van der Waals surface area contributed by atoms with Crippen LogP contribution in [0.3, 0.4) is 0 Å². The van der Waals surface area contributed by atoms with Gasteiger partial charge in [0.15, 0.2) is 11.5 Å². The van der Waals surface area contributed by atoms with Crippen LogP contribution in [0.1, 0.15) is 54.1 Å². The van der Waals surface area contributed by atoms with Crippen LogP contribution in [0.15, 0.2) is 106 Å². The number of nitrogens with zero attached hydrogens (tertiary/aromatic N) is 2. The summed E-state index contributed by atoms with van der Waals surface area (Å²) in [6.45, 7) is 3.95. The van der Waals surface area contributed by atoms with Crippen molar-refractivity contribution < 1.29 is 19.1 Å².